The smallest absolute Gasteiger partial charge is 0.324 e. The maximum Gasteiger partial charge on any atom is 0.324 e. The third-order valence-electron chi connectivity index (χ3n) is 4.39. The van der Waals surface area contributed by atoms with Gasteiger partial charge in [0.05, 0.1) is 0 Å². The fraction of sp³-hybridized carbons (Fsp3) is 0.333. The van der Waals surface area contributed by atoms with Gasteiger partial charge in [0.15, 0.2) is 11.5 Å². The lowest BCUT2D eigenvalue weighted by Crippen LogP contribution is -2.47. The van der Waals surface area contributed by atoms with Gasteiger partial charge in [-0.15, -0.1) is 5.10 Å². The molecule has 3 aromatic rings. The Labute approximate surface area is 147 Å². The number of piperazine rings is 1. The summed E-state index contributed by atoms with van der Waals surface area (Å²) in [5, 5.41) is 10.8. The Morgan fingerprint density at radius 3 is 2.62 bits per heavy atom. The average Bonchev–Trinajstić information content (AvgIpc) is 3.41. The number of nitrogens with one attached hydrogen (secondary N) is 1. The van der Waals surface area contributed by atoms with Crippen LogP contribution in [0.5, 0.6) is 11.5 Å². The van der Waals surface area contributed by atoms with Crippen molar-refractivity contribution < 1.29 is 14.0 Å². The summed E-state index contributed by atoms with van der Waals surface area (Å²) in [6.07, 6.45) is 0. The summed E-state index contributed by atoms with van der Waals surface area (Å²) in [7, 11) is 0. The molecule has 3 N–H and O–H groups in total. The molecular formula is C15H16N8O3. The van der Waals surface area contributed by atoms with Crippen LogP contribution in [-0.2, 0) is 0 Å². The van der Waals surface area contributed by atoms with Crippen LogP contribution in [-0.4, -0.2) is 58.3 Å². The molecule has 2 aromatic heterocycles. The van der Waals surface area contributed by atoms with E-state index in [1.165, 1.54) is 0 Å². The van der Waals surface area contributed by atoms with Crippen LogP contribution in [0.1, 0.15) is 0 Å². The highest BCUT2D eigenvalue weighted by Gasteiger charge is 2.24. The van der Waals surface area contributed by atoms with Gasteiger partial charge < -0.3 is 29.5 Å². The van der Waals surface area contributed by atoms with E-state index < -0.39 is 0 Å². The van der Waals surface area contributed by atoms with E-state index in [9.17, 15) is 0 Å². The topological polar surface area (TPSA) is 131 Å². The molecule has 11 nitrogen and oxygen atoms in total. The van der Waals surface area contributed by atoms with Crippen LogP contribution in [0.15, 0.2) is 22.7 Å². The van der Waals surface area contributed by atoms with Crippen molar-refractivity contribution in [2.45, 2.75) is 0 Å². The molecule has 0 aliphatic carbocycles. The lowest BCUT2D eigenvalue weighted by molar-refractivity contribution is 0.174. The van der Waals surface area contributed by atoms with E-state index in [2.05, 4.69) is 30.2 Å². The summed E-state index contributed by atoms with van der Waals surface area (Å²) < 4.78 is 16.2. The molecule has 5 rings (SSSR count). The molecule has 134 valence electrons. The quantitative estimate of drug-likeness (QED) is 0.683. The van der Waals surface area contributed by atoms with E-state index in [-0.39, 0.29) is 12.7 Å². The van der Waals surface area contributed by atoms with E-state index in [0.29, 0.717) is 23.5 Å². The van der Waals surface area contributed by atoms with E-state index >= 15 is 0 Å². The monoisotopic (exact) mass is 356 g/mol. The molecular weight excluding hydrogens is 340 g/mol. The van der Waals surface area contributed by atoms with Crippen molar-refractivity contribution in [3.8, 4) is 22.9 Å². The SMILES string of the molecule is Nc1n[nH]c(N2CCN(c3nc(-c4ccc5c(c4)OCO5)no3)CC2)n1. The Balaban J connectivity index is 1.29. The van der Waals surface area contributed by atoms with Gasteiger partial charge in [-0.1, -0.05) is 5.16 Å². The fourth-order valence-electron chi connectivity index (χ4n) is 3.01. The highest BCUT2D eigenvalue weighted by Crippen LogP contribution is 2.35. The fourth-order valence-corrected chi connectivity index (χ4v) is 3.01. The summed E-state index contributed by atoms with van der Waals surface area (Å²) in [6.45, 7) is 3.18. The van der Waals surface area contributed by atoms with Crippen molar-refractivity contribution in [2.24, 2.45) is 0 Å². The zero-order valence-corrected chi connectivity index (χ0v) is 13.8. The highest BCUT2D eigenvalue weighted by molar-refractivity contribution is 5.62. The number of nitrogens with two attached hydrogens (primary N) is 1. The van der Waals surface area contributed by atoms with Crippen LogP contribution in [0, 0.1) is 0 Å². The van der Waals surface area contributed by atoms with Crippen molar-refractivity contribution in [1.29, 1.82) is 0 Å². The van der Waals surface area contributed by atoms with Crippen molar-refractivity contribution in [1.82, 2.24) is 25.3 Å². The molecule has 11 heteroatoms. The molecule has 2 aliphatic heterocycles. The van der Waals surface area contributed by atoms with E-state index in [0.717, 1.165) is 37.5 Å². The van der Waals surface area contributed by atoms with Gasteiger partial charge in [-0.05, 0) is 18.2 Å². The Morgan fingerprint density at radius 1 is 1.00 bits per heavy atom. The second kappa shape index (κ2) is 5.79. The highest BCUT2D eigenvalue weighted by atomic mass is 16.7. The molecule has 0 atom stereocenters. The lowest BCUT2D eigenvalue weighted by Gasteiger charge is -2.32. The zero-order valence-electron chi connectivity index (χ0n) is 13.8. The number of nitrogen functional groups attached to an aromatic ring is 1. The van der Waals surface area contributed by atoms with Crippen LogP contribution in [0.4, 0.5) is 17.9 Å². The summed E-state index contributed by atoms with van der Waals surface area (Å²) in [5.74, 6) is 2.85. The molecule has 0 radical (unpaired) electrons. The Kier molecular flexibility index (Phi) is 3.30. The van der Waals surface area contributed by atoms with Gasteiger partial charge in [0.1, 0.15) is 0 Å². The molecule has 1 aromatic carbocycles. The van der Waals surface area contributed by atoms with Gasteiger partial charge in [-0.25, -0.2) is 5.10 Å². The molecule has 1 fully saturated rings. The second-order valence-corrected chi connectivity index (χ2v) is 5.96. The van der Waals surface area contributed by atoms with Gasteiger partial charge in [0, 0.05) is 31.7 Å². The van der Waals surface area contributed by atoms with E-state index in [4.69, 9.17) is 19.7 Å². The Bertz CT molecular complexity index is 931. The number of H-pyrrole nitrogens is 1. The number of benzene rings is 1. The molecule has 2 aliphatic rings. The third kappa shape index (κ3) is 2.53. The molecule has 0 saturated carbocycles. The predicted molar refractivity (Wildman–Crippen MR) is 91.1 cm³/mol. The molecule has 0 unspecified atom stereocenters. The first-order chi connectivity index (χ1) is 12.8. The van der Waals surface area contributed by atoms with Crippen molar-refractivity contribution in [2.75, 3.05) is 48.5 Å². The first kappa shape index (κ1) is 14.8. The van der Waals surface area contributed by atoms with Crippen LogP contribution < -0.4 is 25.0 Å². The van der Waals surface area contributed by atoms with Crippen LogP contribution in [0.3, 0.4) is 0 Å². The number of ether oxygens (including phenoxy) is 2. The lowest BCUT2D eigenvalue weighted by atomic mass is 10.2. The first-order valence-electron chi connectivity index (χ1n) is 8.18. The number of aromatic nitrogens is 5. The molecule has 0 spiro atoms. The normalized spacial score (nSPS) is 16.3. The van der Waals surface area contributed by atoms with E-state index in [1.807, 2.05) is 23.1 Å². The summed E-state index contributed by atoms with van der Waals surface area (Å²) in [5.41, 5.74) is 6.37. The van der Waals surface area contributed by atoms with Gasteiger partial charge in [-0.2, -0.15) is 9.97 Å². The Hall–Kier alpha value is -3.50. The van der Waals surface area contributed by atoms with Gasteiger partial charge in [0.25, 0.3) is 0 Å². The Morgan fingerprint density at radius 2 is 1.81 bits per heavy atom. The number of fused-ring (bicyclic) bond motifs is 1. The number of hydrogen-bond donors (Lipinski definition) is 2. The number of aromatic amines is 1. The standard InChI is InChI=1S/C15H16N8O3/c16-13-18-14(20-19-13)22-3-5-23(6-4-22)15-17-12(21-26-15)9-1-2-10-11(7-9)25-8-24-10/h1-2,7H,3-6,8H2,(H3,16,18,19,20). The number of rotatable bonds is 3. The minimum atomic E-state index is 0.234. The van der Waals surface area contributed by atoms with Gasteiger partial charge in [-0.3, -0.25) is 0 Å². The average molecular weight is 356 g/mol. The van der Waals surface area contributed by atoms with Crippen LogP contribution >= 0.6 is 0 Å². The van der Waals surface area contributed by atoms with Crippen molar-refractivity contribution in [3.05, 3.63) is 18.2 Å². The number of anilines is 3. The van der Waals surface area contributed by atoms with E-state index in [1.54, 1.807) is 0 Å². The van der Waals surface area contributed by atoms with Gasteiger partial charge in [0.2, 0.25) is 24.5 Å². The maximum atomic E-state index is 5.55. The molecule has 0 amide bonds. The van der Waals surface area contributed by atoms with Crippen LogP contribution in [0.25, 0.3) is 11.4 Å². The predicted octanol–water partition coefficient (Wildman–Crippen LogP) is 0.492. The maximum absolute atomic E-state index is 5.55. The second-order valence-electron chi connectivity index (χ2n) is 5.96. The zero-order chi connectivity index (χ0) is 17.5. The third-order valence-corrected chi connectivity index (χ3v) is 4.39. The number of hydrogen-bond acceptors (Lipinski definition) is 10. The molecule has 26 heavy (non-hydrogen) atoms. The van der Waals surface area contributed by atoms with Crippen LogP contribution in [0.2, 0.25) is 0 Å². The molecule has 0 bridgehead atoms. The minimum absolute atomic E-state index is 0.234. The summed E-state index contributed by atoms with van der Waals surface area (Å²) in [4.78, 5) is 12.8. The molecule has 4 heterocycles. The largest absolute Gasteiger partial charge is 0.454 e. The first-order valence-corrected chi connectivity index (χ1v) is 8.18. The van der Waals surface area contributed by atoms with Crippen molar-refractivity contribution >= 4 is 17.9 Å². The minimum Gasteiger partial charge on any atom is -0.454 e. The van der Waals surface area contributed by atoms with Gasteiger partial charge >= 0.3 is 6.01 Å². The van der Waals surface area contributed by atoms with Crippen molar-refractivity contribution in [3.63, 3.8) is 0 Å². The summed E-state index contributed by atoms with van der Waals surface area (Å²) in [6, 6.07) is 6.07. The number of nitrogens with zero attached hydrogens (tertiary/aromatic N) is 6. The molecule has 1 saturated heterocycles. The summed E-state index contributed by atoms with van der Waals surface area (Å²) >= 11 is 0.